The molecule has 2 N–H and O–H groups in total. The van der Waals surface area contributed by atoms with Gasteiger partial charge < -0.3 is 10.6 Å². The third-order valence-corrected chi connectivity index (χ3v) is 4.57. The molecule has 0 aromatic carbocycles. The van der Waals surface area contributed by atoms with E-state index in [-0.39, 0.29) is 5.92 Å². The molecule has 1 atom stereocenters. The van der Waals surface area contributed by atoms with E-state index in [1.807, 2.05) is 13.8 Å². The van der Waals surface area contributed by atoms with Crippen molar-refractivity contribution in [3.8, 4) is 0 Å². The van der Waals surface area contributed by atoms with Crippen molar-refractivity contribution in [2.45, 2.75) is 20.3 Å². The van der Waals surface area contributed by atoms with Gasteiger partial charge in [0.15, 0.2) is 15.8 Å². The van der Waals surface area contributed by atoms with Crippen LogP contribution in [0.25, 0.3) is 0 Å². The van der Waals surface area contributed by atoms with E-state index in [1.54, 1.807) is 0 Å². The van der Waals surface area contributed by atoms with Crippen molar-refractivity contribution >= 4 is 15.8 Å². The molecule has 5 nitrogen and oxygen atoms in total. The summed E-state index contributed by atoms with van der Waals surface area (Å²) in [6.45, 7) is 9.75. The van der Waals surface area contributed by atoms with E-state index in [4.69, 9.17) is 0 Å². The van der Waals surface area contributed by atoms with Crippen molar-refractivity contribution in [3.63, 3.8) is 0 Å². The minimum absolute atomic E-state index is 0.198. The number of hydrogen-bond donors (Lipinski definition) is 2. The standard InChI is InChI=1S/C12H23N3O2S/c1-4-13-12(14-7-10(2)3)15-8-11-5-6-18(16,17)9-11/h11H,2,4-9H2,1,3H3,(H2,13,14,15). The first-order valence-corrected chi connectivity index (χ1v) is 8.12. The van der Waals surface area contributed by atoms with Crippen LogP contribution in [0.1, 0.15) is 20.3 Å². The van der Waals surface area contributed by atoms with Crippen LogP contribution in [0.5, 0.6) is 0 Å². The first kappa shape index (κ1) is 15.0. The molecule has 0 amide bonds. The van der Waals surface area contributed by atoms with Gasteiger partial charge in [-0.25, -0.2) is 13.4 Å². The quantitative estimate of drug-likeness (QED) is 0.436. The van der Waals surface area contributed by atoms with Gasteiger partial charge in [-0.1, -0.05) is 12.2 Å². The van der Waals surface area contributed by atoms with Crippen molar-refractivity contribution in [1.82, 2.24) is 10.6 Å². The van der Waals surface area contributed by atoms with E-state index in [1.165, 1.54) is 0 Å². The van der Waals surface area contributed by atoms with Gasteiger partial charge in [-0.05, 0) is 26.2 Å². The molecule has 0 aromatic heterocycles. The molecule has 0 bridgehead atoms. The largest absolute Gasteiger partial charge is 0.357 e. The molecule has 1 saturated heterocycles. The molecule has 18 heavy (non-hydrogen) atoms. The van der Waals surface area contributed by atoms with Gasteiger partial charge in [0, 0.05) is 13.1 Å². The molecule has 1 aliphatic rings. The second-order valence-electron chi connectivity index (χ2n) is 4.80. The highest BCUT2D eigenvalue weighted by molar-refractivity contribution is 7.91. The van der Waals surface area contributed by atoms with E-state index in [0.717, 1.165) is 24.5 Å². The zero-order valence-corrected chi connectivity index (χ0v) is 12.0. The summed E-state index contributed by atoms with van der Waals surface area (Å²) in [6, 6.07) is 0. The average Bonchev–Trinajstić information content (AvgIpc) is 2.62. The van der Waals surface area contributed by atoms with E-state index >= 15 is 0 Å². The number of nitrogens with zero attached hydrogens (tertiary/aromatic N) is 1. The minimum Gasteiger partial charge on any atom is -0.357 e. The Bertz CT molecular complexity index is 415. The monoisotopic (exact) mass is 273 g/mol. The summed E-state index contributed by atoms with van der Waals surface area (Å²) >= 11 is 0. The Balaban J connectivity index is 2.43. The van der Waals surface area contributed by atoms with E-state index in [9.17, 15) is 8.42 Å². The van der Waals surface area contributed by atoms with Gasteiger partial charge in [0.05, 0.1) is 18.1 Å². The zero-order valence-electron chi connectivity index (χ0n) is 11.2. The van der Waals surface area contributed by atoms with Crippen LogP contribution in [0.2, 0.25) is 0 Å². The molecule has 0 aliphatic carbocycles. The molecule has 1 fully saturated rings. The van der Waals surface area contributed by atoms with Gasteiger partial charge in [-0.3, -0.25) is 0 Å². The summed E-state index contributed by atoms with van der Waals surface area (Å²) in [5.41, 5.74) is 0.996. The van der Waals surface area contributed by atoms with Crippen LogP contribution in [0, 0.1) is 5.92 Å². The van der Waals surface area contributed by atoms with Crippen LogP contribution in [-0.2, 0) is 9.84 Å². The summed E-state index contributed by atoms with van der Waals surface area (Å²) in [5.74, 6) is 1.53. The molecule has 1 aliphatic heterocycles. The van der Waals surface area contributed by atoms with Gasteiger partial charge in [0.2, 0.25) is 0 Å². The van der Waals surface area contributed by atoms with Gasteiger partial charge >= 0.3 is 0 Å². The SMILES string of the molecule is C=C(C)CN=C(NCC)NCC1CCS(=O)(=O)C1. The lowest BCUT2D eigenvalue weighted by atomic mass is 10.1. The maximum atomic E-state index is 11.3. The van der Waals surface area contributed by atoms with E-state index in [0.29, 0.717) is 24.6 Å². The van der Waals surface area contributed by atoms with Crippen LogP contribution < -0.4 is 10.6 Å². The van der Waals surface area contributed by atoms with Gasteiger partial charge in [-0.15, -0.1) is 0 Å². The third-order valence-electron chi connectivity index (χ3n) is 2.74. The lowest BCUT2D eigenvalue weighted by molar-refractivity contribution is 0.567. The Morgan fingerprint density at radius 1 is 1.44 bits per heavy atom. The fraction of sp³-hybridized carbons (Fsp3) is 0.750. The smallest absolute Gasteiger partial charge is 0.191 e. The molecule has 0 saturated carbocycles. The Morgan fingerprint density at radius 3 is 2.67 bits per heavy atom. The number of aliphatic imine (C=N–C) groups is 1. The Labute approximate surface area is 110 Å². The van der Waals surface area contributed by atoms with Crippen LogP contribution in [-0.4, -0.2) is 45.5 Å². The fourth-order valence-corrected chi connectivity index (χ4v) is 3.69. The topological polar surface area (TPSA) is 70.6 Å². The molecule has 0 aromatic rings. The van der Waals surface area contributed by atoms with E-state index in [2.05, 4.69) is 22.2 Å². The summed E-state index contributed by atoms with van der Waals surface area (Å²) in [6.07, 6.45) is 0.745. The lowest BCUT2D eigenvalue weighted by Crippen LogP contribution is -2.40. The van der Waals surface area contributed by atoms with Crippen LogP contribution in [0.3, 0.4) is 0 Å². The molecule has 1 heterocycles. The van der Waals surface area contributed by atoms with E-state index < -0.39 is 9.84 Å². The zero-order chi connectivity index (χ0) is 13.6. The molecule has 6 heteroatoms. The normalized spacial score (nSPS) is 22.8. The predicted octanol–water partition coefficient (Wildman–Crippen LogP) is 0.552. The van der Waals surface area contributed by atoms with Crippen LogP contribution in [0.15, 0.2) is 17.1 Å². The van der Waals surface area contributed by atoms with Crippen molar-refractivity contribution in [3.05, 3.63) is 12.2 Å². The first-order valence-electron chi connectivity index (χ1n) is 6.30. The summed E-state index contributed by atoms with van der Waals surface area (Å²) in [4.78, 5) is 4.36. The van der Waals surface area contributed by atoms with Crippen molar-refractivity contribution < 1.29 is 8.42 Å². The maximum absolute atomic E-state index is 11.3. The number of hydrogen-bond acceptors (Lipinski definition) is 3. The highest BCUT2D eigenvalue weighted by Crippen LogP contribution is 2.17. The van der Waals surface area contributed by atoms with Crippen LogP contribution >= 0.6 is 0 Å². The van der Waals surface area contributed by atoms with Crippen molar-refractivity contribution in [2.75, 3.05) is 31.1 Å². The predicted molar refractivity (Wildman–Crippen MR) is 75.6 cm³/mol. The summed E-state index contributed by atoms with van der Waals surface area (Å²) < 4.78 is 22.7. The molecule has 0 spiro atoms. The molecule has 104 valence electrons. The van der Waals surface area contributed by atoms with Crippen molar-refractivity contribution in [1.29, 1.82) is 0 Å². The molecule has 1 unspecified atom stereocenters. The minimum atomic E-state index is -2.80. The Hall–Kier alpha value is -1.04. The highest BCUT2D eigenvalue weighted by atomic mass is 32.2. The molecule has 1 rings (SSSR count). The fourth-order valence-electron chi connectivity index (χ4n) is 1.83. The third kappa shape index (κ3) is 5.53. The maximum Gasteiger partial charge on any atom is 0.191 e. The number of nitrogens with one attached hydrogen (secondary N) is 2. The Morgan fingerprint density at radius 2 is 2.17 bits per heavy atom. The number of rotatable bonds is 5. The lowest BCUT2D eigenvalue weighted by Gasteiger charge is -2.14. The molecular weight excluding hydrogens is 250 g/mol. The van der Waals surface area contributed by atoms with Crippen molar-refractivity contribution in [2.24, 2.45) is 10.9 Å². The number of guanidine groups is 1. The first-order chi connectivity index (χ1) is 8.43. The second kappa shape index (κ2) is 6.78. The number of sulfone groups is 1. The summed E-state index contributed by atoms with van der Waals surface area (Å²) in [5, 5.41) is 6.32. The van der Waals surface area contributed by atoms with Gasteiger partial charge in [0.25, 0.3) is 0 Å². The van der Waals surface area contributed by atoms with Crippen LogP contribution in [0.4, 0.5) is 0 Å². The average molecular weight is 273 g/mol. The summed E-state index contributed by atoms with van der Waals surface area (Å²) in [7, 11) is -2.80. The second-order valence-corrected chi connectivity index (χ2v) is 7.03. The molecule has 0 radical (unpaired) electrons. The van der Waals surface area contributed by atoms with Gasteiger partial charge in [0.1, 0.15) is 0 Å². The van der Waals surface area contributed by atoms with Gasteiger partial charge in [-0.2, -0.15) is 0 Å². The molecular formula is C12H23N3O2S. The highest BCUT2D eigenvalue weighted by Gasteiger charge is 2.27. The Kier molecular flexibility index (Phi) is 5.65.